The zero-order valence-corrected chi connectivity index (χ0v) is 18.7. The van der Waals surface area contributed by atoms with Gasteiger partial charge in [-0.25, -0.2) is 0 Å². The molecule has 5 rings (SSSR count). The Morgan fingerprint density at radius 3 is 2.06 bits per heavy atom. The molecule has 32 heavy (non-hydrogen) atoms. The molecule has 4 nitrogen and oxygen atoms in total. The third-order valence-electron chi connectivity index (χ3n) is 7.02. The van der Waals surface area contributed by atoms with Crippen molar-refractivity contribution in [2.24, 2.45) is 0 Å². The number of piperazine rings is 1. The van der Waals surface area contributed by atoms with Crippen LogP contribution in [0.4, 0.5) is 0 Å². The van der Waals surface area contributed by atoms with Gasteiger partial charge in [0.05, 0.1) is 32.7 Å². The normalized spacial score (nSPS) is 18.9. The second-order valence-corrected chi connectivity index (χ2v) is 9.27. The van der Waals surface area contributed by atoms with Crippen LogP contribution in [0.3, 0.4) is 0 Å². The van der Waals surface area contributed by atoms with E-state index in [1.165, 1.54) is 28.8 Å². The van der Waals surface area contributed by atoms with Gasteiger partial charge in [-0.15, -0.1) is 0 Å². The molecule has 3 aromatic rings. The van der Waals surface area contributed by atoms with Crippen LogP contribution in [-0.2, 0) is 26.1 Å². The molecule has 164 valence electrons. The molecule has 3 aromatic carbocycles. The number of carbonyl (C=O) groups is 1. The molecule has 0 bridgehead atoms. The third-order valence-corrected chi connectivity index (χ3v) is 7.02. The van der Waals surface area contributed by atoms with Gasteiger partial charge in [-0.2, -0.15) is 0 Å². The van der Waals surface area contributed by atoms with Crippen molar-refractivity contribution in [2.45, 2.75) is 26.1 Å². The smallest absolute Gasteiger partial charge is 0.254 e. The van der Waals surface area contributed by atoms with E-state index in [2.05, 4.69) is 66.7 Å². The third kappa shape index (κ3) is 4.93. The molecule has 2 heterocycles. The van der Waals surface area contributed by atoms with Crippen LogP contribution >= 0.6 is 0 Å². The second-order valence-electron chi connectivity index (χ2n) is 9.27. The number of benzene rings is 3. The Balaban J connectivity index is 1.13. The number of hydrogen-bond donors (Lipinski definition) is 2. The number of carbonyl (C=O) groups excluding carboxylic acids is 1. The molecule has 1 unspecified atom stereocenters. The van der Waals surface area contributed by atoms with Crippen molar-refractivity contribution in [1.82, 2.24) is 4.90 Å². The Morgan fingerprint density at radius 1 is 0.688 bits per heavy atom. The Bertz CT molecular complexity index is 1040. The van der Waals surface area contributed by atoms with Crippen LogP contribution in [0, 0.1) is 0 Å². The van der Waals surface area contributed by atoms with E-state index in [1.807, 2.05) is 17.0 Å². The number of amides is 1. The van der Waals surface area contributed by atoms with Crippen molar-refractivity contribution in [3.63, 3.8) is 0 Å². The van der Waals surface area contributed by atoms with Crippen LogP contribution in [0.5, 0.6) is 0 Å². The van der Waals surface area contributed by atoms with Crippen molar-refractivity contribution < 1.29 is 14.6 Å². The number of quaternary nitrogens is 2. The highest BCUT2D eigenvalue weighted by Gasteiger charge is 2.25. The van der Waals surface area contributed by atoms with Crippen LogP contribution in [-0.4, -0.2) is 43.5 Å². The van der Waals surface area contributed by atoms with Gasteiger partial charge in [0.15, 0.2) is 0 Å². The van der Waals surface area contributed by atoms with Gasteiger partial charge in [-0.3, -0.25) is 4.79 Å². The number of nitrogens with one attached hydrogen (secondary N) is 2. The number of nitrogens with zero attached hydrogens (tertiary/aromatic N) is 1. The SMILES string of the molecule is O=C(c1ccc(C[NH+]2CCc3ccccc3C2)cc1)N1CC[NH+](Cc2ccccc2)CC1. The number of fused-ring (bicyclic) bond motifs is 1. The second kappa shape index (κ2) is 9.68. The summed E-state index contributed by atoms with van der Waals surface area (Å²) in [6.45, 7) is 8.02. The first-order chi connectivity index (χ1) is 15.7. The molecule has 0 spiro atoms. The topological polar surface area (TPSA) is 29.2 Å². The quantitative estimate of drug-likeness (QED) is 0.633. The molecule has 2 aliphatic rings. The van der Waals surface area contributed by atoms with E-state index in [0.29, 0.717) is 0 Å². The monoisotopic (exact) mass is 427 g/mol. The summed E-state index contributed by atoms with van der Waals surface area (Å²) in [5.41, 5.74) is 6.49. The van der Waals surface area contributed by atoms with Crippen LogP contribution < -0.4 is 9.80 Å². The van der Waals surface area contributed by atoms with Crippen molar-refractivity contribution in [3.8, 4) is 0 Å². The summed E-state index contributed by atoms with van der Waals surface area (Å²) in [7, 11) is 0. The minimum absolute atomic E-state index is 0.176. The van der Waals surface area contributed by atoms with Crippen LogP contribution in [0.1, 0.15) is 32.6 Å². The van der Waals surface area contributed by atoms with E-state index >= 15 is 0 Å². The first-order valence-corrected chi connectivity index (χ1v) is 11.9. The molecule has 2 aliphatic heterocycles. The van der Waals surface area contributed by atoms with E-state index in [0.717, 1.165) is 57.8 Å². The summed E-state index contributed by atoms with van der Waals surface area (Å²) in [5.74, 6) is 0.176. The standard InChI is InChI=1S/C28H31N3O/c32-28(31-18-16-29(17-19-31)20-23-6-2-1-3-7-23)26-12-10-24(11-13-26)21-30-15-14-25-8-4-5-9-27(25)22-30/h1-13H,14-22H2/p+2. The van der Waals surface area contributed by atoms with E-state index in [4.69, 9.17) is 0 Å². The van der Waals surface area contributed by atoms with Gasteiger partial charge >= 0.3 is 0 Å². The Labute approximate surface area is 191 Å². The molecule has 1 saturated heterocycles. The van der Waals surface area contributed by atoms with E-state index in [1.54, 1.807) is 9.80 Å². The maximum absolute atomic E-state index is 13.0. The van der Waals surface area contributed by atoms with Gasteiger partial charge < -0.3 is 14.7 Å². The van der Waals surface area contributed by atoms with Crippen molar-refractivity contribution >= 4 is 5.91 Å². The molecule has 2 N–H and O–H groups in total. The molecule has 1 atom stereocenters. The molecule has 0 aromatic heterocycles. The highest BCUT2D eigenvalue weighted by atomic mass is 16.2. The molecular weight excluding hydrogens is 394 g/mol. The molecular formula is C28H33N3O+2. The molecule has 1 amide bonds. The zero-order valence-electron chi connectivity index (χ0n) is 18.7. The average molecular weight is 428 g/mol. The van der Waals surface area contributed by atoms with Crippen molar-refractivity contribution in [2.75, 3.05) is 32.7 Å². The summed E-state index contributed by atoms with van der Waals surface area (Å²) in [5, 5.41) is 0. The van der Waals surface area contributed by atoms with Gasteiger partial charge in [0.1, 0.15) is 19.6 Å². The van der Waals surface area contributed by atoms with Gasteiger partial charge in [0.25, 0.3) is 5.91 Å². The maximum Gasteiger partial charge on any atom is 0.254 e. The van der Waals surface area contributed by atoms with Crippen molar-refractivity contribution in [1.29, 1.82) is 0 Å². The Kier molecular flexibility index (Phi) is 6.33. The fraction of sp³-hybridized carbons (Fsp3) is 0.321. The fourth-order valence-corrected chi connectivity index (χ4v) is 5.12. The summed E-state index contributed by atoms with van der Waals surface area (Å²) in [6.07, 6.45) is 1.15. The van der Waals surface area contributed by atoms with Gasteiger partial charge in [0.2, 0.25) is 0 Å². The van der Waals surface area contributed by atoms with E-state index in [9.17, 15) is 4.79 Å². The fourth-order valence-electron chi connectivity index (χ4n) is 5.12. The maximum atomic E-state index is 13.0. The van der Waals surface area contributed by atoms with E-state index < -0.39 is 0 Å². The molecule has 0 radical (unpaired) electrons. The van der Waals surface area contributed by atoms with Gasteiger partial charge in [-0.05, 0) is 17.7 Å². The predicted molar refractivity (Wildman–Crippen MR) is 127 cm³/mol. The summed E-state index contributed by atoms with van der Waals surface area (Å²) < 4.78 is 0. The summed E-state index contributed by atoms with van der Waals surface area (Å²) in [6, 6.07) is 27.8. The van der Waals surface area contributed by atoms with Gasteiger partial charge in [-0.1, -0.05) is 66.7 Å². The van der Waals surface area contributed by atoms with Gasteiger partial charge in [0, 0.05) is 28.7 Å². The lowest BCUT2D eigenvalue weighted by molar-refractivity contribution is -0.929. The average Bonchev–Trinajstić information content (AvgIpc) is 2.85. The van der Waals surface area contributed by atoms with Crippen LogP contribution in [0.15, 0.2) is 78.9 Å². The van der Waals surface area contributed by atoms with E-state index in [-0.39, 0.29) is 5.91 Å². The summed E-state index contributed by atoms with van der Waals surface area (Å²) >= 11 is 0. The highest BCUT2D eigenvalue weighted by Crippen LogP contribution is 2.12. The minimum Gasteiger partial charge on any atom is -0.328 e. The zero-order chi connectivity index (χ0) is 21.8. The van der Waals surface area contributed by atoms with Crippen molar-refractivity contribution in [3.05, 3.63) is 107 Å². The van der Waals surface area contributed by atoms with Crippen LogP contribution in [0.25, 0.3) is 0 Å². The largest absolute Gasteiger partial charge is 0.328 e. The molecule has 0 aliphatic carbocycles. The lowest BCUT2D eigenvalue weighted by Crippen LogP contribution is -3.13. The molecule has 4 heteroatoms. The van der Waals surface area contributed by atoms with Crippen LogP contribution in [0.2, 0.25) is 0 Å². The Morgan fingerprint density at radius 2 is 1.31 bits per heavy atom. The minimum atomic E-state index is 0.176. The first-order valence-electron chi connectivity index (χ1n) is 11.9. The summed E-state index contributed by atoms with van der Waals surface area (Å²) in [4.78, 5) is 18.2. The molecule has 1 fully saturated rings. The highest BCUT2D eigenvalue weighted by molar-refractivity contribution is 5.94. The molecule has 0 saturated carbocycles. The first kappa shape index (κ1) is 20.9. The lowest BCUT2D eigenvalue weighted by Gasteiger charge is -2.32. The number of hydrogen-bond acceptors (Lipinski definition) is 1. The Hall–Kier alpha value is -2.95. The number of rotatable bonds is 5. The predicted octanol–water partition coefficient (Wildman–Crippen LogP) is 1.37. The lowest BCUT2D eigenvalue weighted by atomic mass is 9.99.